The first-order valence-corrected chi connectivity index (χ1v) is 12.7. The van der Waals surface area contributed by atoms with Crippen molar-refractivity contribution in [2.45, 2.75) is 32.2 Å². The predicted octanol–water partition coefficient (Wildman–Crippen LogP) is 4.21. The number of benzene rings is 1. The number of hydrogen-bond donors (Lipinski definition) is 0. The molecule has 1 aliphatic heterocycles. The average Bonchev–Trinajstić information content (AvgIpc) is 3.43. The fourth-order valence-electron chi connectivity index (χ4n) is 3.84. The normalized spacial score (nSPS) is 14.7. The van der Waals surface area contributed by atoms with Crippen molar-refractivity contribution in [1.82, 2.24) is 19.4 Å². The lowest BCUT2D eigenvalue weighted by Crippen LogP contribution is -2.39. The number of aromatic nitrogens is 3. The van der Waals surface area contributed by atoms with Crippen LogP contribution in [0.3, 0.4) is 0 Å². The Morgan fingerprint density at radius 1 is 1.26 bits per heavy atom. The molecule has 1 fully saturated rings. The van der Waals surface area contributed by atoms with Gasteiger partial charge < -0.3 is 14.2 Å². The fourth-order valence-corrected chi connectivity index (χ4v) is 5.15. The van der Waals surface area contributed by atoms with E-state index < -0.39 is 0 Å². The van der Waals surface area contributed by atoms with Gasteiger partial charge in [0, 0.05) is 42.5 Å². The van der Waals surface area contributed by atoms with Crippen LogP contribution in [0.2, 0.25) is 0 Å². The first kappa shape index (κ1) is 21.9. The van der Waals surface area contributed by atoms with E-state index in [1.54, 1.807) is 23.1 Å². The number of likely N-dealkylation sites (tertiary alicyclic amines) is 1. The van der Waals surface area contributed by atoms with Gasteiger partial charge in [0.05, 0.1) is 29.6 Å². The van der Waals surface area contributed by atoms with Gasteiger partial charge >= 0.3 is 0 Å². The second-order valence-corrected chi connectivity index (χ2v) is 9.81. The fraction of sp³-hybridized carbons (Fsp3) is 0.435. The summed E-state index contributed by atoms with van der Waals surface area (Å²) in [4.78, 5) is 23.8. The summed E-state index contributed by atoms with van der Waals surface area (Å²) in [5, 5.41) is 3.20. The number of ether oxygens (including phenoxy) is 1. The summed E-state index contributed by atoms with van der Waals surface area (Å²) in [6, 6.07) is 9.79. The van der Waals surface area contributed by atoms with Crippen molar-refractivity contribution in [3.05, 3.63) is 64.6 Å². The van der Waals surface area contributed by atoms with Gasteiger partial charge in [0.1, 0.15) is 11.6 Å². The Morgan fingerprint density at radius 3 is 2.81 bits per heavy atom. The van der Waals surface area contributed by atoms with Crippen LogP contribution in [0.1, 0.15) is 35.3 Å². The van der Waals surface area contributed by atoms with Crippen LogP contribution in [0.5, 0.6) is 5.75 Å². The monoisotopic (exact) mass is 456 g/mol. The number of thioether (sulfide) groups is 1. The van der Waals surface area contributed by atoms with Gasteiger partial charge in [0.15, 0.2) is 0 Å². The summed E-state index contributed by atoms with van der Waals surface area (Å²) < 4.78 is 7.89. The van der Waals surface area contributed by atoms with Crippen LogP contribution < -0.4 is 4.74 Å². The highest BCUT2D eigenvalue weighted by atomic mass is 32.2. The van der Waals surface area contributed by atoms with Gasteiger partial charge in [-0.1, -0.05) is 18.2 Å². The molecule has 0 bridgehead atoms. The van der Waals surface area contributed by atoms with E-state index in [9.17, 15) is 4.79 Å². The number of amides is 1. The molecular formula is C23H28N4O2S2. The smallest absolute Gasteiger partial charge is 0.232 e. The van der Waals surface area contributed by atoms with Crippen molar-refractivity contribution < 1.29 is 9.53 Å². The van der Waals surface area contributed by atoms with Crippen LogP contribution in [-0.2, 0) is 11.3 Å². The number of nitrogens with zero attached hydrogens (tertiary/aromatic N) is 4. The molecule has 164 valence electrons. The highest BCUT2D eigenvalue weighted by molar-refractivity contribution is 7.99. The van der Waals surface area contributed by atoms with Gasteiger partial charge in [-0.05, 0) is 31.9 Å². The Bertz CT molecular complexity index is 965. The molecule has 0 N–H and O–H groups in total. The zero-order chi connectivity index (χ0) is 21.5. The molecule has 0 saturated carbocycles. The number of aryl methyl sites for hydroxylation is 1. The van der Waals surface area contributed by atoms with Gasteiger partial charge in [-0.15, -0.1) is 23.1 Å². The minimum Gasteiger partial charge on any atom is -0.493 e. The molecule has 1 aliphatic rings. The summed E-state index contributed by atoms with van der Waals surface area (Å²) in [6.45, 7) is 5.01. The highest BCUT2D eigenvalue weighted by Gasteiger charge is 2.26. The van der Waals surface area contributed by atoms with E-state index in [0.29, 0.717) is 18.3 Å². The quantitative estimate of drug-likeness (QED) is 0.451. The number of para-hydroxylation sites is 1. The number of thiazole rings is 1. The lowest BCUT2D eigenvalue weighted by molar-refractivity contribution is -0.129. The summed E-state index contributed by atoms with van der Waals surface area (Å²) in [6.07, 6.45) is 5.83. The van der Waals surface area contributed by atoms with Crippen molar-refractivity contribution >= 4 is 29.0 Å². The zero-order valence-corrected chi connectivity index (χ0v) is 19.4. The third-order valence-corrected chi connectivity index (χ3v) is 7.15. The van der Waals surface area contributed by atoms with Gasteiger partial charge in [-0.3, -0.25) is 4.79 Å². The van der Waals surface area contributed by atoms with Crippen molar-refractivity contribution in [3.8, 4) is 5.75 Å². The molecule has 0 unspecified atom stereocenters. The maximum atomic E-state index is 12.6. The van der Waals surface area contributed by atoms with Crippen LogP contribution in [0, 0.1) is 6.92 Å². The standard InChI is InChI=1S/C23H28N4O2S2/c1-18-25-20(16-31-18)15-27-12-9-24-23(27)19-7-10-26(11-8-19)22(28)17-30-14-13-29-21-5-3-2-4-6-21/h2-6,9,12,16,19H,7-8,10-11,13-15,17H2,1H3. The average molecular weight is 457 g/mol. The third kappa shape index (κ3) is 6.11. The Kier molecular flexibility index (Phi) is 7.64. The summed E-state index contributed by atoms with van der Waals surface area (Å²) in [5.74, 6) is 3.94. The number of rotatable bonds is 9. The van der Waals surface area contributed by atoms with E-state index in [0.717, 1.165) is 60.5 Å². The molecule has 8 heteroatoms. The Labute approximate surface area is 191 Å². The molecular weight excluding hydrogens is 428 g/mol. The largest absolute Gasteiger partial charge is 0.493 e. The van der Waals surface area contributed by atoms with Crippen molar-refractivity contribution in [2.75, 3.05) is 31.2 Å². The molecule has 1 amide bonds. The predicted molar refractivity (Wildman–Crippen MR) is 126 cm³/mol. The minimum absolute atomic E-state index is 0.226. The lowest BCUT2D eigenvalue weighted by Gasteiger charge is -2.32. The van der Waals surface area contributed by atoms with Gasteiger partial charge in [-0.2, -0.15) is 0 Å². The Hall–Kier alpha value is -2.32. The van der Waals surface area contributed by atoms with Gasteiger partial charge in [-0.25, -0.2) is 9.97 Å². The van der Waals surface area contributed by atoms with Crippen molar-refractivity contribution in [2.24, 2.45) is 0 Å². The second-order valence-electron chi connectivity index (χ2n) is 7.64. The van der Waals surface area contributed by atoms with Crippen LogP contribution in [0.25, 0.3) is 0 Å². The molecule has 2 aromatic heterocycles. The summed E-state index contributed by atoms with van der Waals surface area (Å²) in [7, 11) is 0. The molecule has 0 atom stereocenters. The van der Waals surface area contributed by atoms with Gasteiger partial charge in [0.25, 0.3) is 0 Å². The Morgan fingerprint density at radius 2 is 2.06 bits per heavy atom. The minimum atomic E-state index is 0.226. The van der Waals surface area contributed by atoms with Crippen molar-refractivity contribution in [1.29, 1.82) is 0 Å². The molecule has 3 aromatic rings. The molecule has 0 spiro atoms. The maximum Gasteiger partial charge on any atom is 0.232 e. The molecule has 0 radical (unpaired) electrons. The van der Waals surface area contributed by atoms with E-state index >= 15 is 0 Å². The first-order valence-electron chi connectivity index (χ1n) is 10.6. The van der Waals surface area contributed by atoms with E-state index in [1.807, 2.05) is 54.5 Å². The van der Waals surface area contributed by atoms with Crippen LogP contribution in [0.4, 0.5) is 0 Å². The van der Waals surface area contributed by atoms with E-state index in [4.69, 9.17) is 4.74 Å². The van der Waals surface area contributed by atoms with E-state index in [-0.39, 0.29) is 5.91 Å². The van der Waals surface area contributed by atoms with Crippen molar-refractivity contribution in [3.63, 3.8) is 0 Å². The topological polar surface area (TPSA) is 60.2 Å². The SMILES string of the molecule is Cc1nc(Cn2ccnc2C2CCN(C(=O)CSCCOc3ccccc3)CC2)cs1. The molecule has 6 nitrogen and oxygen atoms in total. The second kappa shape index (κ2) is 10.8. The molecule has 31 heavy (non-hydrogen) atoms. The zero-order valence-electron chi connectivity index (χ0n) is 17.8. The molecule has 0 aliphatic carbocycles. The molecule has 3 heterocycles. The molecule has 1 saturated heterocycles. The molecule has 1 aromatic carbocycles. The van der Waals surface area contributed by atoms with Gasteiger partial charge in [0.2, 0.25) is 5.91 Å². The highest BCUT2D eigenvalue weighted by Crippen LogP contribution is 2.28. The van der Waals surface area contributed by atoms with Crippen LogP contribution in [0.15, 0.2) is 48.1 Å². The number of carbonyl (C=O) groups excluding carboxylic acids is 1. The summed E-state index contributed by atoms with van der Waals surface area (Å²) >= 11 is 3.32. The lowest BCUT2D eigenvalue weighted by atomic mass is 9.96. The Balaban J connectivity index is 1.18. The first-order chi connectivity index (χ1) is 15.2. The number of hydrogen-bond acceptors (Lipinski definition) is 6. The number of piperidine rings is 1. The van der Waals surface area contributed by atoms with E-state index in [2.05, 4.69) is 19.9 Å². The van der Waals surface area contributed by atoms with Crippen LogP contribution in [-0.4, -0.2) is 56.5 Å². The number of carbonyl (C=O) groups is 1. The maximum absolute atomic E-state index is 12.6. The number of imidazole rings is 1. The van der Waals surface area contributed by atoms with Crippen LogP contribution >= 0.6 is 23.1 Å². The molecule has 4 rings (SSSR count). The van der Waals surface area contributed by atoms with E-state index in [1.165, 1.54) is 0 Å². The third-order valence-electron chi connectivity index (χ3n) is 5.42. The summed E-state index contributed by atoms with van der Waals surface area (Å²) in [5.41, 5.74) is 1.09.